The van der Waals surface area contributed by atoms with E-state index < -0.39 is 5.56 Å². The summed E-state index contributed by atoms with van der Waals surface area (Å²) in [5, 5.41) is 9.44. The molecule has 2 rings (SSSR count). The molecule has 2 aromatic rings. The van der Waals surface area contributed by atoms with Gasteiger partial charge in [-0.1, -0.05) is 11.8 Å². The number of aromatic nitrogens is 3. The number of carbonyl (C=O) groups excluding carboxylic acids is 1. The van der Waals surface area contributed by atoms with Crippen LogP contribution in [-0.2, 0) is 0 Å². The third-order valence-electron chi connectivity index (χ3n) is 2.47. The van der Waals surface area contributed by atoms with Gasteiger partial charge >= 0.3 is 0 Å². The van der Waals surface area contributed by atoms with Gasteiger partial charge in [0, 0.05) is 23.7 Å². The summed E-state index contributed by atoms with van der Waals surface area (Å²) in [4.78, 5) is 32.8. The molecular formula is C12H10N4O2S. The minimum Gasteiger partial charge on any atom is -0.340 e. The molecule has 0 saturated heterocycles. The van der Waals surface area contributed by atoms with Crippen LogP contribution in [0.3, 0.4) is 0 Å². The first-order valence-electron chi connectivity index (χ1n) is 5.41. The largest absolute Gasteiger partial charge is 0.340 e. The lowest BCUT2D eigenvalue weighted by molar-refractivity contribution is 0.102. The Hall–Kier alpha value is -2.33. The van der Waals surface area contributed by atoms with Crippen LogP contribution < -0.4 is 5.56 Å². The Labute approximate surface area is 112 Å². The molecule has 0 saturated carbocycles. The number of hydrogen-bond acceptors (Lipinski definition) is 5. The van der Waals surface area contributed by atoms with Crippen molar-refractivity contribution in [2.24, 2.45) is 0 Å². The lowest BCUT2D eigenvalue weighted by Crippen LogP contribution is -2.16. The number of Topliss-reactive ketones (excluding diaryl/α,β-unsaturated/α-hetero) is 1. The summed E-state index contributed by atoms with van der Waals surface area (Å²) in [6.07, 6.45) is 3.28. The molecule has 7 heteroatoms. The predicted molar refractivity (Wildman–Crippen MR) is 70.2 cm³/mol. The predicted octanol–water partition coefficient (Wildman–Crippen LogP) is 1.25. The molecule has 96 valence electrons. The van der Waals surface area contributed by atoms with Gasteiger partial charge in [-0.05, 0) is 13.0 Å². The normalized spacial score (nSPS) is 10.1. The van der Waals surface area contributed by atoms with Gasteiger partial charge in [-0.15, -0.1) is 0 Å². The number of nitrogens with one attached hydrogen (secondary N) is 2. The number of nitrogens with zero attached hydrogens (tertiary/aromatic N) is 2. The summed E-state index contributed by atoms with van der Waals surface area (Å²) in [6.45, 7) is 1.63. The number of nitriles is 1. The van der Waals surface area contributed by atoms with E-state index >= 15 is 0 Å². The molecule has 2 aromatic heterocycles. The number of aryl methyl sites for hydroxylation is 1. The van der Waals surface area contributed by atoms with Gasteiger partial charge in [0.15, 0.2) is 10.9 Å². The van der Waals surface area contributed by atoms with Gasteiger partial charge in [-0.25, -0.2) is 4.98 Å². The zero-order chi connectivity index (χ0) is 13.8. The summed E-state index contributed by atoms with van der Waals surface area (Å²) in [6, 6.07) is 3.10. The molecular weight excluding hydrogens is 264 g/mol. The Kier molecular flexibility index (Phi) is 3.82. The number of aromatic amines is 2. The molecule has 0 amide bonds. The van der Waals surface area contributed by atoms with Crippen molar-refractivity contribution in [2.45, 2.75) is 12.1 Å². The molecule has 0 aromatic carbocycles. The molecule has 2 heterocycles. The zero-order valence-electron chi connectivity index (χ0n) is 10.1. The molecule has 0 fully saturated rings. The molecule has 0 radical (unpaired) electrons. The van der Waals surface area contributed by atoms with Gasteiger partial charge in [0.2, 0.25) is 0 Å². The maximum absolute atomic E-state index is 12.0. The molecule has 0 unspecified atom stereocenters. The first-order valence-corrected chi connectivity index (χ1v) is 6.39. The van der Waals surface area contributed by atoms with Crippen LogP contribution in [0.15, 0.2) is 28.4 Å². The third-order valence-corrected chi connectivity index (χ3v) is 3.38. The van der Waals surface area contributed by atoms with Crippen LogP contribution >= 0.6 is 11.8 Å². The average molecular weight is 274 g/mol. The number of H-pyrrole nitrogens is 2. The van der Waals surface area contributed by atoms with E-state index in [0.717, 1.165) is 0 Å². The van der Waals surface area contributed by atoms with Crippen molar-refractivity contribution in [2.75, 3.05) is 5.75 Å². The molecule has 0 spiro atoms. The lowest BCUT2D eigenvalue weighted by atomic mass is 10.1. The number of pyridine rings is 1. The van der Waals surface area contributed by atoms with Crippen molar-refractivity contribution in [1.29, 1.82) is 5.26 Å². The van der Waals surface area contributed by atoms with Gasteiger partial charge in [0.05, 0.1) is 5.75 Å². The third kappa shape index (κ3) is 2.92. The maximum Gasteiger partial charge on any atom is 0.266 e. The van der Waals surface area contributed by atoms with E-state index in [4.69, 9.17) is 5.26 Å². The van der Waals surface area contributed by atoms with Crippen LogP contribution in [0, 0.1) is 18.3 Å². The molecule has 0 bridgehead atoms. The van der Waals surface area contributed by atoms with Crippen LogP contribution in [0.25, 0.3) is 0 Å². The number of thioether (sulfide) groups is 1. The Morgan fingerprint density at radius 1 is 1.58 bits per heavy atom. The quantitative estimate of drug-likeness (QED) is 0.645. The van der Waals surface area contributed by atoms with E-state index in [9.17, 15) is 9.59 Å². The van der Waals surface area contributed by atoms with Crippen LogP contribution in [-0.4, -0.2) is 26.5 Å². The molecule has 0 aliphatic rings. The van der Waals surface area contributed by atoms with Crippen molar-refractivity contribution in [3.63, 3.8) is 0 Å². The average Bonchev–Trinajstić information content (AvgIpc) is 2.89. The lowest BCUT2D eigenvalue weighted by Gasteiger charge is -2.04. The Morgan fingerprint density at radius 3 is 3.00 bits per heavy atom. The SMILES string of the molecule is Cc1[nH]c(=O)c(C#N)cc1C(=O)CSc1ncc[nH]1. The van der Waals surface area contributed by atoms with Gasteiger partial charge in [-0.3, -0.25) is 9.59 Å². The smallest absolute Gasteiger partial charge is 0.266 e. The second-order valence-electron chi connectivity index (χ2n) is 3.77. The van der Waals surface area contributed by atoms with E-state index in [1.165, 1.54) is 17.8 Å². The van der Waals surface area contributed by atoms with Gasteiger partial charge in [-0.2, -0.15) is 5.26 Å². The summed E-state index contributed by atoms with van der Waals surface area (Å²) in [5.41, 5.74) is 0.288. The standard InChI is InChI=1S/C12H10N4O2S/c1-7-9(4-8(5-13)11(18)16-7)10(17)6-19-12-14-2-3-15-12/h2-4H,6H2,1H3,(H,14,15)(H,16,18). The first kappa shape index (κ1) is 13.1. The highest BCUT2D eigenvalue weighted by Gasteiger charge is 2.13. The minimum atomic E-state index is -0.477. The number of carbonyl (C=O) groups is 1. The van der Waals surface area contributed by atoms with Crippen LogP contribution in [0.1, 0.15) is 21.6 Å². The summed E-state index contributed by atoms with van der Waals surface area (Å²) >= 11 is 1.27. The second-order valence-corrected chi connectivity index (χ2v) is 4.73. The molecule has 0 atom stereocenters. The molecule has 0 aliphatic heterocycles. The van der Waals surface area contributed by atoms with Crippen LogP contribution in [0.2, 0.25) is 0 Å². The van der Waals surface area contributed by atoms with Crippen molar-refractivity contribution in [3.8, 4) is 6.07 Å². The van der Waals surface area contributed by atoms with E-state index in [1.54, 1.807) is 25.4 Å². The summed E-state index contributed by atoms with van der Waals surface area (Å²) in [7, 11) is 0. The molecule has 6 nitrogen and oxygen atoms in total. The van der Waals surface area contributed by atoms with E-state index in [1.807, 2.05) is 0 Å². The van der Waals surface area contributed by atoms with Crippen LogP contribution in [0.5, 0.6) is 0 Å². The van der Waals surface area contributed by atoms with E-state index in [2.05, 4.69) is 15.0 Å². The fourth-order valence-corrected chi connectivity index (χ4v) is 2.25. The number of rotatable bonds is 4. The number of imidazole rings is 1. The second kappa shape index (κ2) is 5.54. The monoisotopic (exact) mass is 274 g/mol. The van der Waals surface area contributed by atoms with Gasteiger partial charge in [0.25, 0.3) is 5.56 Å². The first-order chi connectivity index (χ1) is 9.11. The minimum absolute atomic E-state index is 0.0584. The highest BCUT2D eigenvalue weighted by atomic mass is 32.2. The van der Waals surface area contributed by atoms with Crippen molar-refractivity contribution < 1.29 is 4.79 Å². The molecule has 0 aliphatic carbocycles. The Bertz CT molecular complexity index is 698. The Morgan fingerprint density at radius 2 is 2.37 bits per heavy atom. The topological polar surface area (TPSA) is 102 Å². The van der Waals surface area contributed by atoms with E-state index in [0.29, 0.717) is 16.4 Å². The van der Waals surface area contributed by atoms with Crippen LogP contribution in [0.4, 0.5) is 0 Å². The Balaban J connectivity index is 2.19. The highest BCUT2D eigenvalue weighted by molar-refractivity contribution is 7.99. The molecule has 19 heavy (non-hydrogen) atoms. The summed E-state index contributed by atoms with van der Waals surface area (Å²) in [5.74, 6) is 0.0253. The fourth-order valence-electron chi connectivity index (χ4n) is 1.54. The molecule has 2 N–H and O–H groups in total. The van der Waals surface area contributed by atoms with Crippen molar-refractivity contribution in [3.05, 3.63) is 45.6 Å². The van der Waals surface area contributed by atoms with Crippen molar-refractivity contribution in [1.82, 2.24) is 15.0 Å². The maximum atomic E-state index is 12.0. The summed E-state index contributed by atoms with van der Waals surface area (Å²) < 4.78 is 0. The zero-order valence-corrected chi connectivity index (χ0v) is 10.9. The fraction of sp³-hybridized carbons (Fsp3) is 0.167. The highest BCUT2D eigenvalue weighted by Crippen LogP contribution is 2.15. The van der Waals surface area contributed by atoms with Gasteiger partial charge < -0.3 is 9.97 Å². The van der Waals surface area contributed by atoms with Crippen molar-refractivity contribution >= 4 is 17.5 Å². The van der Waals surface area contributed by atoms with Gasteiger partial charge in [0.1, 0.15) is 11.6 Å². The number of ketones is 1. The number of hydrogen-bond donors (Lipinski definition) is 2. The van der Waals surface area contributed by atoms with E-state index in [-0.39, 0.29) is 17.1 Å².